The van der Waals surface area contributed by atoms with Gasteiger partial charge in [0.15, 0.2) is 5.96 Å². The Balaban J connectivity index is 1.40. The summed E-state index contributed by atoms with van der Waals surface area (Å²) in [6.07, 6.45) is 17.0. The number of fused-ring (bicyclic) bond motifs is 1. The first-order valence-electron chi connectivity index (χ1n) is 38.3. The highest BCUT2D eigenvalue weighted by atomic mass is 16.5. The molecule has 2 aromatic carbocycles. The van der Waals surface area contributed by atoms with E-state index in [1.165, 1.54) is 64.2 Å². The first kappa shape index (κ1) is 91.6. The highest BCUT2D eigenvalue weighted by molar-refractivity contribution is 6.00. The second-order valence-electron chi connectivity index (χ2n) is 27.1. The van der Waals surface area contributed by atoms with Crippen LogP contribution >= 0.6 is 0 Å². The van der Waals surface area contributed by atoms with Crippen molar-refractivity contribution in [1.29, 1.82) is 5.41 Å². The first-order valence-corrected chi connectivity index (χ1v) is 38.3. The van der Waals surface area contributed by atoms with Crippen LogP contribution in [0.15, 0.2) is 60.8 Å². The highest BCUT2D eigenvalue weighted by Gasteiger charge is 2.37. The van der Waals surface area contributed by atoms with Crippen LogP contribution in [0.5, 0.6) is 0 Å². The number of rotatable bonds is 47. The molecule has 0 saturated carbocycles. The maximum atomic E-state index is 14.8. The zero-order valence-corrected chi connectivity index (χ0v) is 63.3. The summed E-state index contributed by atoms with van der Waals surface area (Å²) < 4.78 is 16.3. The normalized spacial score (nSPS) is 18.4. The Morgan fingerprint density at radius 3 is 1.76 bits per heavy atom. The molecule has 34 heteroatoms. The molecule has 0 aliphatic carbocycles. The summed E-state index contributed by atoms with van der Waals surface area (Å²) in [5.41, 5.74) is 18.8. The molecule has 109 heavy (non-hydrogen) atoms. The lowest BCUT2D eigenvalue weighted by Gasteiger charge is -2.28. The third kappa shape index (κ3) is 38.7. The zero-order chi connectivity index (χ0) is 79.6. The molecular formula is C75H119N17O17. The minimum absolute atomic E-state index is 0.00288. The summed E-state index contributed by atoms with van der Waals surface area (Å²) in [6.45, 7) is 3.10. The van der Waals surface area contributed by atoms with Crippen molar-refractivity contribution in [2.24, 2.45) is 17.2 Å². The van der Waals surface area contributed by atoms with E-state index in [0.29, 0.717) is 37.1 Å². The van der Waals surface area contributed by atoms with Gasteiger partial charge >= 0.3 is 0 Å². The summed E-state index contributed by atoms with van der Waals surface area (Å²) in [5, 5.41) is 49.6. The molecule has 0 radical (unpaired) electrons. The summed E-state index contributed by atoms with van der Waals surface area (Å²) in [5.74, 6) is -12.0. The Labute approximate surface area is 637 Å². The standard InChI is InChI=1S/C75H119N17O17/c1-3-5-7-8-9-10-11-12-13-14-15-16-20-33-63(95)81-36-38-107-40-41-108-39-37-82-65(97)48-109-49-66(98)85-61(47-93)74(106)88-55(29-6-4-2)68(100)92-60-45-64(96)80-34-24-23-31-54(67(77)99)86-71(103)58(43-51-46-84-53-30-22-21-28-52(51)53)90-69(101)56(32-25-35-83-75(78)79)87-70(102)57(42-50-26-18-17-19-27-50)89-72(104)59(44-62(76)94)91-73(60)105/h17-19,21-22,26-28,30,46,54-61,84,93H,3-16,20,23-25,29,31-45,47-49H2,1-2H3,(H2,76,94)(H2,77,99)(H,80,96)(H,81,95)(H,82,97)(H,85,98)(H,86,103)(H,87,102)(H,88,106)(H,89,104)(H,90,101)(H,91,105)(H,92,100)(H4,78,79,83)/t54-,55-,56-,57+,58-,59-,60-,61-/m0/s1. The Morgan fingerprint density at radius 1 is 0.560 bits per heavy atom. The van der Waals surface area contributed by atoms with Gasteiger partial charge in [0.05, 0.1) is 45.9 Å². The number of guanidine groups is 1. The van der Waals surface area contributed by atoms with Gasteiger partial charge in [0.2, 0.25) is 76.8 Å². The number of ether oxygens (including phenoxy) is 3. The number of unbranched alkanes of at least 4 members (excludes halogenated alkanes) is 13. The maximum absolute atomic E-state index is 14.8. The van der Waals surface area contributed by atoms with Crippen molar-refractivity contribution in [3.05, 3.63) is 71.9 Å². The number of nitrogens with one attached hydrogen (secondary N) is 14. The van der Waals surface area contributed by atoms with Crippen molar-refractivity contribution in [2.75, 3.05) is 72.4 Å². The van der Waals surface area contributed by atoms with Gasteiger partial charge in [0, 0.05) is 62.5 Å². The predicted molar refractivity (Wildman–Crippen MR) is 407 cm³/mol. The summed E-state index contributed by atoms with van der Waals surface area (Å²) in [4.78, 5) is 182. The van der Waals surface area contributed by atoms with Crippen molar-refractivity contribution in [2.45, 2.75) is 229 Å². The molecule has 8 atom stereocenters. The molecule has 0 unspecified atom stereocenters. The number of nitrogens with two attached hydrogens (primary N) is 3. The van der Waals surface area contributed by atoms with Crippen molar-refractivity contribution < 1.29 is 81.6 Å². The number of hydrogen-bond acceptors (Lipinski definition) is 18. The zero-order valence-electron chi connectivity index (χ0n) is 63.3. The third-order valence-corrected chi connectivity index (χ3v) is 18.0. The van der Waals surface area contributed by atoms with E-state index in [0.717, 1.165) is 30.2 Å². The quantitative estimate of drug-likeness (QED) is 0.0202. The number of benzene rings is 2. The SMILES string of the molecule is CCCCCCCCCCCCCCCC(=O)NCCOCCOCCNC(=O)COCC(=O)N[C@@H](CO)C(=O)N[C@@H](CCCC)C(=O)N[C@H]1CC(=O)NCCCC[C@@H](C(N)=O)NC(=O)[C@H](Cc2c[nH]c3ccccc23)NC(=O)[C@H](CCCNC(=N)N)NC(=O)[C@@H](Cc2ccccc2)NC(=O)[C@H](CC(N)=O)NC1=O. The molecular weight excluding hydrogens is 1410 g/mol. The van der Waals surface area contributed by atoms with Gasteiger partial charge in [-0.2, -0.15) is 0 Å². The third-order valence-electron chi connectivity index (χ3n) is 18.0. The van der Waals surface area contributed by atoms with Crippen LogP contribution in [0.2, 0.25) is 0 Å². The smallest absolute Gasteiger partial charge is 0.246 e. The van der Waals surface area contributed by atoms with Gasteiger partial charge in [-0.3, -0.25) is 67.7 Å². The van der Waals surface area contributed by atoms with Crippen LogP contribution in [0.25, 0.3) is 10.9 Å². The lowest BCUT2D eigenvalue weighted by molar-refractivity contribution is -0.137. The Bertz CT molecular complexity index is 3340. The lowest BCUT2D eigenvalue weighted by Crippen LogP contribution is -2.61. The largest absolute Gasteiger partial charge is 0.394 e. The predicted octanol–water partition coefficient (Wildman–Crippen LogP) is 0.0917. The minimum atomic E-state index is -1.90. The van der Waals surface area contributed by atoms with Crippen molar-refractivity contribution in [3.63, 3.8) is 0 Å². The molecule has 34 nitrogen and oxygen atoms in total. The van der Waals surface area contributed by atoms with Gasteiger partial charge in [-0.1, -0.05) is 152 Å². The van der Waals surface area contributed by atoms with Gasteiger partial charge in [-0.25, -0.2) is 0 Å². The number of carbonyl (C=O) groups is 13. The fraction of sp³-hybridized carbons (Fsp3) is 0.627. The minimum Gasteiger partial charge on any atom is -0.394 e. The van der Waals surface area contributed by atoms with Crippen molar-refractivity contribution in [3.8, 4) is 0 Å². The van der Waals surface area contributed by atoms with Crippen LogP contribution in [-0.4, -0.2) is 214 Å². The van der Waals surface area contributed by atoms with E-state index in [1.807, 2.05) is 6.07 Å². The molecule has 606 valence electrons. The van der Waals surface area contributed by atoms with E-state index in [2.05, 4.69) is 75.7 Å². The molecule has 1 aromatic heterocycles. The summed E-state index contributed by atoms with van der Waals surface area (Å²) in [6, 6.07) is 2.73. The molecule has 0 bridgehead atoms. The number of hydrogen-bond donors (Lipinski definition) is 18. The number of primary amides is 2. The number of aliphatic hydroxyl groups is 1. The molecule has 0 spiro atoms. The van der Waals surface area contributed by atoms with Gasteiger partial charge < -0.3 is 105 Å². The Morgan fingerprint density at radius 2 is 1.13 bits per heavy atom. The van der Waals surface area contributed by atoms with Crippen LogP contribution in [-0.2, 0) is 89.4 Å². The van der Waals surface area contributed by atoms with Crippen LogP contribution < -0.4 is 81.0 Å². The van der Waals surface area contributed by atoms with Crippen LogP contribution in [0.4, 0.5) is 0 Å². The second kappa shape index (κ2) is 53.9. The van der Waals surface area contributed by atoms with E-state index in [4.69, 9.17) is 36.8 Å². The van der Waals surface area contributed by atoms with Gasteiger partial charge in [-0.15, -0.1) is 0 Å². The van der Waals surface area contributed by atoms with Gasteiger partial charge in [-0.05, 0) is 62.1 Å². The Kier molecular flexibility index (Phi) is 45.3. The molecule has 3 aromatic rings. The molecule has 1 fully saturated rings. The van der Waals surface area contributed by atoms with Gasteiger partial charge in [0.1, 0.15) is 61.5 Å². The van der Waals surface area contributed by atoms with Crippen LogP contribution in [0.3, 0.4) is 0 Å². The number of amides is 13. The van der Waals surface area contributed by atoms with Crippen molar-refractivity contribution >= 4 is 93.7 Å². The molecule has 1 saturated heterocycles. The first-order chi connectivity index (χ1) is 52.5. The Hall–Kier alpha value is -9.80. The maximum Gasteiger partial charge on any atom is 0.246 e. The number of aromatic amines is 1. The average molecular weight is 1530 g/mol. The monoisotopic (exact) mass is 1530 g/mol. The number of carbonyl (C=O) groups excluding carboxylic acids is 13. The van der Waals surface area contributed by atoms with Crippen molar-refractivity contribution in [1.82, 2.24) is 68.8 Å². The van der Waals surface area contributed by atoms with Gasteiger partial charge in [0.25, 0.3) is 0 Å². The van der Waals surface area contributed by atoms with Crippen LogP contribution in [0, 0.1) is 5.41 Å². The van der Waals surface area contributed by atoms with E-state index in [-0.39, 0.29) is 109 Å². The molecule has 21 N–H and O–H groups in total. The highest BCUT2D eigenvalue weighted by Crippen LogP contribution is 2.21. The second-order valence-corrected chi connectivity index (χ2v) is 27.1. The average Bonchev–Trinajstić information content (AvgIpc) is 1.71. The number of aliphatic hydroxyl groups excluding tert-OH is 1. The fourth-order valence-electron chi connectivity index (χ4n) is 12.0. The summed E-state index contributed by atoms with van der Waals surface area (Å²) >= 11 is 0. The van der Waals surface area contributed by atoms with E-state index < -0.39 is 152 Å². The fourth-order valence-corrected chi connectivity index (χ4v) is 12.0. The molecule has 13 amide bonds. The molecule has 4 rings (SSSR count). The molecule has 2 heterocycles. The van der Waals surface area contributed by atoms with Crippen LogP contribution in [0.1, 0.15) is 179 Å². The number of aromatic nitrogens is 1. The molecule has 1 aliphatic heterocycles. The molecule has 1 aliphatic rings. The topological polar surface area (TPSA) is 532 Å². The number of para-hydroxylation sites is 1. The summed E-state index contributed by atoms with van der Waals surface area (Å²) in [7, 11) is 0. The van der Waals surface area contributed by atoms with E-state index in [1.54, 1.807) is 61.7 Å². The number of H-pyrrole nitrogens is 1. The van der Waals surface area contributed by atoms with E-state index >= 15 is 0 Å². The van der Waals surface area contributed by atoms with E-state index in [9.17, 15) is 67.4 Å². The lowest BCUT2D eigenvalue weighted by atomic mass is 10.0.